The summed E-state index contributed by atoms with van der Waals surface area (Å²) in [6.07, 6.45) is 8.34. The highest BCUT2D eigenvalue weighted by molar-refractivity contribution is 5.79. The van der Waals surface area contributed by atoms with Crippen LogP contribution in [0.2, 0.25) is 0 Å². The summed E-state index contributed by atoms with van der Waals surface area (Å²) in [5.74, 6) is 3.10. The lowest BCUT2D eigenvalue weighted by Crippen LogP contribution is -2.45. The molecule has 2 aliphatic heterocycles. The molecule has 3 heterocycles. The van der Waals surface area contributed by atoms with E-state index in [2.05, 4.69) is 50.1 Å². The van der Waals surface area contributed by atoms with Gasteiger partial charge >= 0.3 is 0 Å². The molecule has 5 rings (SSSR count). The predicted octanol–water partition coefficient (Wildman–Crippen LogP) is 4.97. The summed E-state index contributed by atoms with van der Waals surface area (Å²) >= 11 is 0. The van der Waals surface area contributed by atoms with Gasteiger partial charge in [-0.05, 0) is 55.7 Å². The minimum atomic E-state index is 0.0945. The van der Waals surface area contributed by atoms with E-state index in [9.17, 15) is 4.79 Å². The van der Waals surface area contributed by atoms with Gasteiger partial charge in [-0.3, -0.25) is 4.79 Å². The van der Waals surface area contributed by atoms with Crippen molar-refractivity contribution in [3.63, 3.8) is 0 Å². The number of amides is 1. The van der Waals surface area contributed by atoms with Crippen molar-refractivity contribution in [2.75, 3.05) is 31.1 Å². The Hall–Kier alpha value is -3.41. The molecule has 1 amide bonds. The zero-order valence-electron chi connectivity index (χ0n) is 19.6. The van der Waals surface area contributed by atoms with Crippen molar-refractivity contribution in [2.45, 2.75) is 32.1 Å². The SMILES string of the molecule is O=C(C1CCN(c2nccnc2Oc2ccccc2)CC1)N1CCC(Cc2ccccc2)CC1. The molecule has 0 unspecified atom stereocenters. The normalized spacial score (nSPS) is 17.5. The van der Waals surface area contributed by atoms with E-state index in [-0.39, 0.29) is 5.92 Å². The van der Waals surface area contributed by atoms with Crippen molar-refractivity contribution in [3.8, 4) is 11.6 Å². The lowest BCUT2D eigenvalue weighted by molar-refractivity contribution is -0.137. The Morgan fingerprint density at radius 3 is 2.18 bits per heavy atom. The zero-order valence-corrected chi connectivity index (χ0v) is 19.6. The minimum absolute atomic E-state index is 0.0945. The van der Waals surface area contributed by atoms with Crippen LogP contribution in [0.1, 0.15) is 31.2 Å². The first-order chi connectivity index (χ1) is 16.8. The average molecular weight is 457 g/mol. The number of piperidine rings is 2. The van der Waals surface area contributed by atoms with Crippen molar-refractivity contribution in [3.05, 3.63) is 78.6 Å². The molecule has 0 N–H and O–H groups in total. The highest BCUT2D eigenvalue weighted by Crippen LogP contribution is 2.32. The van der Waals surface area contributed by atoms with Crippen molar-refractivity contribution >= 4 is 11.7 Å². The molecule has 6 heteroatoms. The van der Waals surface area contributed by atoms with Gasteiger partial charge < -0.3 is 14.5 Å². The number of aromatic nitrogens is 2. The second kappa shape index (κ2) is 10.7. The number of ether oxygens (including phenoxy) is 1. The first-order valence-corrected chi connectivity index (χ1v) is 12.4. The van der Waals surface area contributed by atoms with E-state index < -0.39 is 0 Å². The number of nitrogens with zero attached hydrogens (tertiary/aromatic N) is 4. The third kappa shape index (κ3) is 5.38. The van der Waals surface area contributed by atoms with Gasteiger partial charge in [-0.1, -0.05) is 48.5 Å². The van der Waals surface area contributed by atoms with Gasteiger partial charge in [0.1, 0.15) is 5.75 Å². The van der Waals surface area contributed by atoms with E-state index in [1.54, 1.807) is 12.4 Å². The predicted molar refractivity (Wildman–Crippen MR) is 133 cm³/mol. The van der Waals surface area contributed by atoms with Gasteiger partial charge in [0.05, 0.1) is 0 Å². The van der Waals surface area contributed by atoms with Crippen LogP contribution in [0.15, 0.2) is 73.1 Å². The van der Waals surface area contributed by atoms with Gasteiger partial charge in [0.15, 0.2) is 5.82 Å². The number of benzene rings is 2. The fourth-order valence-electron chi connectivity index (χ4n) is 5.11. The van der Waals surface area contributed by atoms with Crippen LogP contribution in [-0.4, -0.2) is 47.0 Å². The van der Waals surface area contributed by atoms with Crippen molar-refractivity contribution in [2.24, 2.45) is 11.8 Å². The highest BCUT2D eigenvalue weighted by atomic mass is 16.5. The maximum Gasteiger partial charge on any atom is 0.263 e. The van der Waals surface area contributed by atoms with Crippen LogP contribution in [0.25, 0.3) is 0 Å². The molecule has 176 valence electrons. The molecular formula is C28H32N4O2. The van der Waals surface area contributed by atoms with Crippen LogP contribution >= 0.6 is 0 Å². The molecule has 6 nitrogen and oxygen atoms in total. The number of likely N-dealkylation sites (tertiary alicyclic amines) is 1. The fraction of sp³-hybridized carbons (Fsp3) is 0.393. The van der Waals surface area contributed by atoms with Crippen LogP contribution in [0.3, 0.4) is 0 Å². The van der Waals surface area contributed by atoms with Gasteiger partial charge in [0.2, 0.25) is 5.91 Å². The number of rotatable bonds is 6. The Morgan fingerprint density at radius 2 is 1.47 bits per heavy atom. The number of hydrogen-bond donors (Lipinski definition) is 0. The standard InChI is InChI=1S/C28H32N4O2/c33-28(32-17-11-23(12-18-32)21-22-7-3-1-4-8-22)24-13-19-31(20-14-24)26-27(30-16-15-29-26)34-25-9-5-2-6-10-25/h1-10,15-16,23-24H,11-14,17-21H2. The molecule has 2 saturated heterocycles. The quantitative estimate of drug-likeness (QED) is 0.524. The Bertz CT molecular complexity index is 1060. The lowest BCUT2D eigenvalue weighted by Gasteiger charge is -2.37. The molecule has 3 aromatic rings. The number of carbonyl (C=O) groups is 1. The van der Waals surface area contributed by atoms with Crippen molar-refractivity contribution in [1.82, 2.24) is 14.9 Å². The van der Waals surface area contributed by atoms with Crippen LogP contribution in [0.5, 0.6) is 11.6 Å². The molecule has 1 aromatic heterocycles. The second-order valence-corrected chi connectivity index (χ2v) is 9.32. The topological polar surface area (TPSA) is 58.6 Å². The maximum absolute atomic E-state index is 13.2. The number of carbonyl (C=O) groups excluding carboxylic acids is 1. The third-order valence-corrected chi connectivity index (χ3v) is 7.04. The Balaban J connectivity index is 1.13. The first-order valence-electron chi connectivity index (χ1n) is 12.4. The van der Waals surface area contributed by atoms with Gasteiger partial charge in [0.25, 0.3) is 5.88 Å². The van der Waals surface area contributed by atoms with Gasteiger partial charge in [-0.15, -0.1) is 0 Å². The largest absolute Gasteiger partial charge is 0.436 e. The highest BCUT2D eigenvalue weighted by Gasteiger charge is 2.32. The molecule has 0 spiro atoms. The Kier molecular flexibility index (Phi) is 7.03. The lowest BCUT2D eigenvalue weighted by atomic mass is 9.88. The molecule has 34 heavy (non-hydrogen) atoms. The molecule has 0 atom stereocenters. The summed E-state index contributed by atoms with van der Waals surface area (Å²) < 4.78 is 5.99. The van der Waals surface area contributed by atoms with Gasteiger partial charge in [-0.25, -0.2) is 9.97 Å². The number of para-hydroxylation sites is 1. The first kappa shape index (κ1) is 22.4. The summed E-state index contributed by atoms with van der Waals surface area (Å²) in [4.78, 5) is 26.5. The molecule has 0 bridgehead atoms. The molecule has 0 radical (unpaired) electrons. The molecule has 0 aliphatic carbocycles. The monoisotopic (exact) mass is 456 g/mol. The van der Waals surface area contributed by atoms with E-state index in [0.717, 1.165) is 69.9 Å². The van der Waals surface area contributed by atoms with Crippen molar-refractivity contribution < 1.29 is 9.53 Å². The zero-order chi connectivity index (χ0) is 23.2. The van der Waals surface area contributed by atoms with Crippen molar-refractivity contribution in [1.29, 1.82) is 0 Å². The second-order valence-electron chi connectivity index (χ2n) is 9.32. The molecule has 0 saturated carbocycles. The minimum Gasteiger partial charge on any atom is -0.436 e. The van der Waals surface area contributed by atoms with Gasteiger partial charge in [0, 0.05) is 44.5 Å². The summed E-state index contributed by atoms with van der Waals surface area (Å²) in [7, 11) is 0. The fourth-order valence-corrected chi connectivity index (χ4v) is 5.11. The summed E-state index contributed by atoms with van der Waals surface area (Å²) in [6.45, 7) is 3.33. The smallest absolute Gasteiger partial charge is 0.263 e. The molecule has 2 fully saturated rings. The van der Waals surface area contributed by atoms with Gasteiger partial charge in [-0.2, -0.15) is 0 Å². The average Bonchev–Trinajstić information content (AvgIpc) is 2.90. The molecule has 2 aliphatic rings. The van der Waals surface area contributed by atoms with Crippen LogP contribution < -0.4 is 9.64 Å². The van der Waals surface area contributed by atoms with E-state index in [0.29, 0.717) is 17.7 Å². The Morgan fingerprint density at radius 1 is 0.824 bits per heavy atom. The summed E-state index contributed by atoms with van der Waals surface area (Å²) in [5, 5.41) is 0. The van der Waals surface area contributed by atoms with E-state index in [1.165, 1.54) is 5.56 Å². The van der Waals surface area contributed by atoms with Crippen LogP contribution in [0, 0.1) is 11.8 Å². The van der Waals surface area contributed by atoms with Crippen LogP contribution in [-0.2, 0) is 11.2 Å². The van der Waals surface area contributed by atoms with E-state index in [4.69, 9.17) is 4.74 Å². The number of anilines is 1. The molecule has 2 aromatic carbocycles. The molecular weight excluding hydrogens is 424 g/mol. The Labute approximate surface area is 201 Å². The maximum atomic E-state index is 13.2. The van der Waals surface area contributed by atoms with Crippen LogP contribution in [0.4, 0.5) is 5.82 Å². The third-order valence-electron chi connectivity index (χ3n) is 7.04. The van der Waals surface area contributed by atoms with E-state index >= 15 is 0 Å². The summed E-state index contributed by atoms with van der Waals surface area (Å²) in [5.41, 5.74) is 1.40. The number of hydrogen-bond acceptors (Lipinski definition) is 5. The summed E-state index contributed by atoms with van der Waals surface area (Å²) in [6, 6.07) is 20.3. The van der Waals surface area contributed by atoms with E-state index in [1.807, 2.05) is 30.3 Å².